The second kappa shape index (κ2) is 6.76. The fraction of sp³-hybridized carbons (Fsp3) is 0.471. The van der Waals surface area contributed by atoms with Crippen molar-refractivity contribution in [2.45, 2.75) is 38.1 Å². The van der Waals surface area contributed by atoms with Gasteiger partial charge in [0.15, 0.2) is 0 Å². The molecule has 1 N–H and O–H groups in total. The van der Waals surface area contributed by atoms with E-state index in [1.54, 1.807) is 13.4 Å². The van der Waals surface area contributed by atoms with Crippen LogP contribution >= 0.6 is 0 Å². The summed E-state index contributed by atoms with van der Waals surface area (Å²) in [6.07, 6.45) is 8.03. The lowest BCUT2D eigenvalue weighted by atomic mass is 10.2. The van der Waals surface area contributed by atoms with Crippen LogP contribution in [-0.4, -0.2) is 24.7 Å². The third kappa shape index (κ3) is 3.64. The minimum absolute atomic E-state index is 0.675. The predicted molar refractivity (Wildman–Crippen MR) is 82.5 cm³/mol. The number of nitrogens with one attached hydrogen (secondary N) is 1. The number of rotatable bonds is 6. The first-order chi connectivity index (χ1) is 10.3. The van der Waals surface area contributed by atoms with Crippen LogP contribution in [0.4, 0.5) is 0 Å². The van der Waals surface area contributed by atoms with Crippen LogP contribution in [0.5, 0.6) is 5.75 Å². The Hall–Kier alpha value is -1.81. The molecule has 0 saturated heterocycles. The number of methoxy groups -OCH3 is 1. The Morgan fingerprint density at radius 1 is 1.24 bits per heavy atom. The molecule has 0 spiro atoms. The fourth-order valence-electron chi connectivity index (χ4n) is 2.82. The van der Waals surface area contributed by atoms with E-state index in [4.69, 9.17) is 9.15 Å². The lowest BCUT2D eigenvalue weighted by Gasteiger charge is -2.09. The molecule has 3 rings (SSSR count). The molecule has 0 bridgehead atoms. The van der Waals surface area contributed by atoms with Gasteiger partial charge in [0.05, 0.1) is 12.8 Å². The summed E-state index contributed by atoms with van der Waals surface area (Å²) in [4.78, 5) is 4.55. The van der Waals surface area contributed by atoms with E-state index < -0.39 is 0 Å². The number of nitrogens with zero attached hydrogens (tertiary/aromatic N) is 1. The maximum Gasteiger partial charge on any atom is 0.226 e. The molecule has 0 unspecified atom stereocenters. The van der Waals surface area contributed by atoms with Crippen molar-refractivity contribution in [3.63, 3.8) is 0 Å². The maximum absolute atomic E-state index is 5.57. The van der Waals surface area contributed by atoms with Gasteiger partial charge in [0, 0.05) is 24.6 Å². The average Bonchev–Trinajstić information content (AvgIpc) is 3.19. The fourth-order valence-corrected chi connectivity index (χ4v) is 2.82. The van der Waals surface area contributed by atoms with E-state index in [0.29, 0.717) is 11.9 Å². The molecule has 1 heterocycles. The number of ether oxygens (including phenoxy) is 1. The smallest absolute Gasteiger partial charge is 0.226 e. The molecule has 4 nitrogen and oxygen atoms in total. The van der Waals surface area contributed by atoms with Crippen molar-refractivity contribution in [1.29, 1.82) is 0 Å². The molecule has 0 atom stereocenters. The minimum Gasteiger partial charge on any atom is -0.497 e. The van der Waals surface area contributed by atoms with Crippen LogP contribution in [0.3, 0.4) is 0 Å². The Labute approximate surface area is 125 Å². The Morgan fingerprint density at radius 2 is 2.00 bits per heavy atom. The first-order valence-corrected chi connectivity index (χ1v) is 7.67. The number of hydrogen-bond donors (Lipinski definition) is 1. The van der Waals surface area contributed by atoms with Gasteiger partial charge in [-0.3, -0.25) is 0 Å². The van der Waals surface area contributed by atoms with Crippen molar-refractivity contribution in [3.8, 4) is 17.2 Å². The highest BCUT2D eigenvalue weighted by Crippen LogP contribution is 2.22. The number of aromatic nitrogens is 1. The van der Waals surface area contributed by atoms with Crippen LogP contribution in [0, 0.1) is 0 Å². The SMILES string of the molecule is COc1ccc(-c2nc(CCNC3CCCC3)co2)cc1. The Balaban J connectivity index is 1.54. The van der Waals surface area contributed by atoms with E-state index in [2.05, 4.69) is 10.3 Å². The minimum atomic E-state index is 0.675. The molecular formula is C17H22N2O2. The third-order valence-corrected chi connectivity index (χ3v) is 4.06. The molecule has 1 aromatic heterocycles. The highest BCUT2D eigenvalue weighted by molar-refractivity contribution is 5.54. The molecule has 1 fully saturated rings. The van der Waals surface area contributed by atoms with Crippen molar-refractivity contribution in [1.82, 2.24) is 10.3 Å². The topological polar surface area (TPSA) is 47.3 Å². The first kappa shape index (κ1) is 14.1. The molecule has 1 saturated carbocycles. The summed E-state index contributed by atoms with van der Waals surface area (Å²) in [5.74, 6) is 1.51. The van der Waals surface area contributed by atoms with Crippen LogP contribution in [0.1, 0.15) is 31.4 Å². The van der Waals surface area contributed by atoms with E-state index >= 15 is 0 Å². The van der Waals surface area contributed by atoms with Crippen LogP contribution < -0.4 is 10.1 Å². The van der Waals surface area contributed by atoms with Gasteiger partial charge in [0.25, 0.3) is 0 Å². The van der Waals surface area contributed by atoms with Gasteiger partial charge in [-0.05, 0) is 37.1 Å². The van der Waals surface area contributed by atoms with Crippen molar-refractivity contribution in [3.05, 3.63) is 36.2 Å². The highest BCUT2D eigenvalue weighted by Gasteiger charge is 2.14. The first-order valence-electron chi connectivity index (χ1n) is 7.67. The predicted octanol–water partition coefficient (Wildman–Crippen LogP) is 3.42. The summed E-state index contributed by atoms with van der Waals surface area (Å²) in [5, 5.41) is 3.60. The largest absolute Gasteiger partial charge is 0.497 e. The lowest BCUT2D eigenvalue weighted by Crippen LogP contribution is -2.28. The second-order valence-electron chi connectivity index (χ2n) is 5.56. The molecule has 4 heteroatoms. The van der Waals surface area contributed by atoms with Gasteiger partial charge in [-0.2, -0.15) is 0 Å². The van der Waals surface area contributed by atoms with Gasteiger partial charge < -0.3 is 14.5 Å². The van der Waals surface area contributed by atoms with Crippen LogP contribution in [0.2, 0.25) is 0 Å². The van der Waals surface area contributed by atoms with E-state index in [-0.39, 0.29) is 0 Å². The molecule has 21 heavy (non-hydrogen) atoms. The molecule has 1 aliphatic carbocycles. The number of oxazole rings is 1. The number of benzene rings is 1. The van der Waals surface area contributed by atoms with Gasteiger partial charge in [0.1, 0.15) is 12.0 Å². The van der Waals surface area contributed by atoms with Crippen molar-refractivity contribution in [2.75, 3.05) is 13.7 Å². The lowest BCUT2D eigenvalue weighted by molar-refractivity contribution is 0.415. The van der Waals surface area contributed by atoms with Crippen LogP contribution in [-0.2, 0) is 6.42 Å². The van der Waals surface area contributed by atoms with Gasteiger partial charge in [-0.15, -0.1) is 0 Å². The van der Waals surface area contributed by atoms with Gasteiger partial charge in [0.2, 0.25) is 5.89 Å². The van der Waals surface area contributed by atoms with Crippen LogP contribution in [0.25, 0.3) is 11.5 Å². The maximum atomic E-state index is 5.57. The zero-order valence-corrected chi connectivity index (χ0v) is 12.5. The molecule has 1 aliphatic rings. The van der Waals surface area contributed by atoms with Gasteiger partial charge in [-0.1, -0.05) is 12.8 Å². The molecule has 0 aliphatic heterocycles. The van der Waals surface area contributed by atoms with Crippen molar-refractivity contribution >= 4 is 0 Å². The Bertz CT molecular complexity index is 556. The quantitative estimate of drug-likeness (QED) is 0.884. The van der Waals surface area contributed by atoms with E-state index in [1.807, 2.05) is 24.3 Å². The summed E-state index contributed by atoms with van der Waals surface area (Å²) in [7, 11) is 1.66. The molecular weight excluding hydrogens is 264 g/mol. The Morgan fingerprint density at radius 3 is 2.71 bits per heavy atom. The summed E-state index contributed by atoms with van der Waals surface area (Å²) in [6.45, 7) is 0.971. The monoisotopic (exact) mass is 286 g/mol. The summed E-state index contributed by atoms with van der Waals surface area (Å²) < 4.78 is 10.7. The Kier molecular flexibility index (Phi) is 4.55. The van der Waals surface area contributed by atoms with Crippen molar-refractivity contribution < 1.29 is 9.15 Å². The van der Waals surface area contributed by atoms with E-state index in [9.17, 15) is 0 Å². The number of hydrogen-bond acceptors (Lipinski definition) is 4. The van der Waals surface area contributed by atoms with E-state index in [0.717, 1.165) is 30.0 Å². The average molecular weight is 286 g/mol. The van der Waals surface area contributed by atoms with Crippen LogP contribution in [0.15, 0.2) is 34.9 Å². The molecule has 1 aromatic carbocycles. The molecule has 112 valence electrons. The zero-order valence-electron chi connectivity index (χ0n) is 12.5. The highest BCUT2D eigenvalue weighted by atomic mass is 16.5. The summed E-state index contributed by atoms with van der Waals surface area (Å²) in [6, 6.07) is 8.47. The molecule has 2 aromatic rings. The standard InChI is InChI=1S/C17H22N2O2/c1-20-16-8-6-13(7-9-16)17-19-15(12-21-17)10-11-18-14-4-2-3-5-14/h6-9,12,14,18H,2-5,10-11H2,1H3. The third-order valence-electron chi connectivity index (χ3n) is 4.06. The van der Waals surface area contributed by atoms with Gasteiger partial charge in [-0.25, -0.2) is 4.98 Å². The summed E-state index contributed by atoms with van der Waals surface area (Å²) >= 11 is 0. The van der Waals surface area contributed by atoms with E-state index in [1.165, 1.54) is 25.7 Å². The second-order valence-corrected chi connectivity index (χ2v) is 5.56. The van der Waals surface area contributed by atoms with Gasteiger partial charge >= 0.3 is 0 Å². The molecule has 0 amide bonds. The normalized spacial score (nSPS) is 15.5. The zero-order chi connectivity index (χ0) is 14.5. The molecule has 0 radical (unpaired) electrons. The van der Waals surface area contributed by atoms with Crippen molar-refractivity contribution in [2.24, 2.45) is 0 Å². The summed E-state index contributed by atoms with van der Waals surface area (Å²) in [5.41, 5.74) is 1.98.